The topological polar surface area (TPSA) is 64.7 Å². The molecule has 88 valence electrons. The zero-order valence-corrected chi connectivity index (χ0v) is 9.62. The van der Waals surface area contributed by atoms with Crippen molar-refractivity contribution in [3.05, 3.63) is 17.7 Å². The summed E-state index contributed by atoms with van der Waals surface area (Å²) >= 11 is 0. The molecule has 4 heteroatoms. The quantitative estimate of drug-likeness (QED) is 0.796. The second kappa shape index (κ2) is 3.87. The Labute approximate surface area is 95.0 Å². The number of ether oxygens (including phenoxy) is 2. The first-order valence-electron chi connectivity index (χ1n) is 5.37. The van der Waals surface area contributed by atoms with Gasteiger partial charge in [0.05, 0.1) is 0 Å². The van der Waals surface area contributed by atoms with Gasteiger partial charge in [-0.05, 0) is 32.4 Å². The Morgan fingerprint density at radius 2 is 2.00 bits per heavy atom. The van der Waals surface area contributed by atoms with Crippen LogP contribution in [-0.2, 0) is 6.42 Å². The summed E-state index contributed by atoms with van der Waals surface area (Å²) in [6.45, 7) is 4.88. The molecule has 0 bridgehead atoms. The molecule has 0 unspecified atom stereocenters. The van der Waals surface area contributed by atoms with Crippen LogP contribution in [-0.4, -0.2) is 23.9 Å². The molecule has 2 rings (SSSR count). The predicted molar refractivity (Wildman–Crippen MR) is 61.1 cm³/mol. The highest BCUT2D eigenvalue weighted by atomic mass is 16.6. The van der Waals surface area contributed by atoms with E-state index in [9.17, 15) is 5.11 Å². The van der Waals surface area contributed by atoms with Gasteiger partial charge < -0.3 is 20.3 Å². The summed E-state index contributed by atoms with van der Waals surface area (Å²) in [6.07, 6.45) is 0.547. The van der Waals surface area contributed by atoms with Crippen molar-refractivity contribution in [2.75, 3.05) is 13.2 Å². The number of nitrogens with two attached hydrogens (primary N) is 1. The first-order valence-corrected chi connectivity index (χ1v) is 5.37. The lowest BCUT2D eigenvalue weighted by molar-refractivity contribution is 0.168. The number of aromatic hydroxyl groups is 1. The molecular weight excluding hydrogens is 206 g/mol. The minimum atomic E-state index is -0.395. The number of rotatable bonds is 2. The summed E-state index contributed by atoms with van der Waals surface area (Å²) in [5.74, 6) is 1.52. The third-order valence-corrected chi connectivity index (χ3v) is 2.42. The van der Waals surface area contributed by atoms with Gasteiger partial charge in [-0.15, -0.1) is 0 Å². The third-order valence-electron chi connectivity index (χ3n) is 2.42. The van der Waals surface area contributed by atoms with E-state index in [2.05, 4.69) is 0 Å². The molecule has 0 radical (unpaired) electrons. The summed E-state index contributed by atoms with van der Waals surface area (Å²) in [7, 11) is 0. The Hall–Kier alpha value is -1.42. The fourth-order valence-electron chi connectivity index (χ4n) is 1.79. The Bertz CT molecular complexity index is 396. The second-order valence-electron chi connectivity index (χ2n) is 4.75. The number of fused-ring (bicyclic) bond motifs is 1. The van der Waals surface area contributed by atoms with E-state index >= 15 is 0 Å². The predicted octanol–water partition coefficient (Wildman–Crippen LogP) is 1.44. The van der Waals surface area contributed by atoms with Gasteiger partial charge in [0.15, 0.2) is 11.5 Å². The lowest BCUT2D eigenvalue weighted by Gasteiger charge is -2.25. The van der Waals surface area contributed by atoms with E-state index in [1.54, 1.807) is 12.1 Å². The average molecular weight is 223 g/mol. The van der Waals surface area contributed by atoms with Gasteiger partial charge in [-0.25, -0.2) is 0 Å². The van der Waals surface area contributed by atoms with Crippen molar-refractivity contribution in [1.82, 2.24) is 0 Å². The molecule has 1 aliphatic heterocycles. The molecular formula is C12H17NO3. The number of hydrogen-bond acceptors (Lipinski definition) is 4. The molecule has 1 heterocycles. The SMILES string of the molecule is CC(C)(N)Cc1c(O)ccc2c1OCCO2. The maximum Gasteiger partial charge on any atom is 0.168 e. The van der Waals surface area contributed by atoms with Gasteiger partial charge in [-0.3, -0.25) is 0 Å². The van der Waals surface area contributed by atoms with Gasteiger partial charge in [-0.1, -0.05) is 0 Å². The largest absolute Gasteiger partial charge is 0.508 e. The summed E-state index contributed by atoms with van der Waals surface area (Å²) in [4.78, 5) is 0. The molecule has 0 saturated carbocycles. The average Bonchev–Trinajstić information content (AvgIpc) is 2.21. The summed E-state index contributed by atoms with van der Waals surface area (Å²) < 4.78 is 11.0. The Morgan fingerprint density at radius 3 is 2.69 bits per heavy atom. The minimum Gasteiger partial charge on any atom is -0.508 e. The van der Waals surface area contributed by atoms with Crippen LogP contribution >= 0.6 is 0 Å². The van der Waals surface area contributed by atoms with Crippen LogP contribution in [0.5, 0.6) is 17.2 Å². The molecule has 0 atom stereocenters. The van der Waals surface area contributed by atoms with Crippen molar-refractivity contribution >= 4 is 0 Å². The summed E-state index contributed by atoms with van der Waals surface area (Å²) in [5.41, 5.74) is 6.29. The first kappa shape index (κ1) is 11.1. The van der Waals surface area contributed by atoms with Crippen LogP contribution in [0.2, 0.25) is 0 Å². The van der Waals surface area contributed by atoms with E-state index in [1.165, 1.54) is 0 Å². The highest BCUT2D eigenvalue weighted by Gasteiger charge is 2.23. The molecule has 0 aromatic heterocycles. The monoisotopic (exact) mass is 223 g/mol. The number of hydrogen-bond donors (Lipinski definition) is 2. The number of phenols is 1. The molecule has 0 fully saturated rings. The zero-order valence-electron chi connectivity index (χ0n) is 9.62. The molecule has 1 aromatic rings. The van der Waals surface area contributed by atoms with Crippen molar-refractivity contribution in [2.24, 2.45) is 5.73 Å². The van der Waals surface area contributed by atoms with Crippen molar-refractivity contribution in [3.8, 4) is 17.2 Å². The van der Waals surface area contributed by atoms with E-state index in [1.807, 2.05) is 13.8 Å². The number of phenolic OH excluding ortho intramolecular Hbond substituents is 1. The molecule has 0 saturated heterocycles. The molecule has 16 heavy (non-hydrogen) atoms. The molecule has 4 nitrogen and oxygen atoms in total. The van der Waals surface area contributed by atoms with Crippen molar-refractivity contribution < 1.29 is 14.6 Å². The van der Waals surface area contributed by atoms with Gasteiger partial charge in [0.25, 0.3) is 0 Å². The first-order chi connectivity index (χ1) is 7.47. The molecule has 1 aromatic carbocycles. The van der Waals surface area contributed by atoms with Gasteiger partial charge in [-0.2, -0.15) is 0 Å². The molecule has 1 aliphatic rings. The van der Waals surface area contributed by atoms with E-state index < -0.39 is 5.54 Å². The van der Waals surface area contributed by atoms with Crippen molar-refractivity contribution in [2.45, 2.75) is 25.8 Å². The molecule has 3 N–H and O–H groups in total. The molecule has 0 amide bonds. The second-order valence-corrected chi connectivity index (χ2v) is 4.75. The zero-order chi connectivity index (χ0) is 11.8. The standard InChI is InChI=1S/C12H17NO3/c1-12(2,13)7-8-9(14)3-4-10-11(8)16-6-5-15-10/h3-4,14H,5-7,13H2,1-2H3. The third kappa shape index (κ3) is 2.22. The van der Waals surface area contributed by atoms with E-state index in [0.717, 1.165) is 5.56 Å². The van der Waals surface area contributed by atoms with Gasteiger partial charge in [0, 0.05) is 11.1 Å². The highest BCUT2D eigenvalue weighted by molar-refractivity contribution is 5.54. The van der Waals surface area contributed by atoms with Crippen LogP contribution in [0.3, 0.4) is 0 Å². The van der Waals surface area contributed by atoms with Crippen LogP contribution in [0.15, 0.2) is 12.1 Å². The Kier molecular flexibility index (Phi) is 2.68. The van der Waals surface area contributed by atoms with E-state index in [4.69, 9.17) is 15.2 Å². The smallest absolute Gasteiger partial charge is 0.168 e. The molecule has 0 aliphatic carbocycles. The number of benzene rings is 1. The Morgan fingerprint density at radius 1 is 1.31 bits per heavy atom. The van der Waals surface area contributed by atoms with Crippen LogP contribution in [0, 0.1) is 0 Å². The van der Waals surface area contributed by atoms with E-state index in [-0.39, 0.29) is 5.75 Å². The maximum atomic E-state index is 9.84. The summed E-state index contributed by atoms with van der Waals surface area (Å²) in [5, 5.41) is 9.84. The highest BCUT2D eigenvalue weighted by Crippen LogP contribution is 2.40. The van der Waals surface area contributed by atoms with Gasteiger partial charge in [0.2, 0.25) is 0 Å². The Balaban J connectivity index is 2.42. The normalized spacial score (nSPS) is 14.9. The lowest BCUT2D eigenvalue weighted by atomic mass is 9.94. The van der Waals surface area contributed by atoms with Crippen molar-refractivity contribution in [1.29, 1.82) is 0 Å². The fourth-order valence-corrected chi connectivity index (χ4v) is 1.79. The van der Waals surface area contributed by atoms with Crippen LogP contribution in [0.1, 0.15) is 19.4 Å². The molecule has 0 spiro atoms. The fraction of sp³-hybridized carbons (Fsp3) is 0.500. The van der Waals surface area contributed by atoms with Crippen LogP contribution < -0.4 is 15.2 Å². The lowest BCUT2D eigenvalue weighted by Crippen LogP contribution is -2.34. The van der Waals surface area contributed by atoms with E-state index in [0.29, 0.717) is 31.1 Å². The van der Waals surface area contributed by atoms with Gasteiger partial charge >= 0.3 is 0 Å². The van der Waals surface area contributed by atoms with Crippen LogP contribution in [0.25, 0.3) is 0 Å². The van der Waals surface area contributed by atoms with Crippen LogP contribution in [0.4, 0.5) is 0 Å². The van der Waals surface area contributed by atoms with Crippen molar-refractivity contribution in [3.63, 3.8) is 0 Å². The summed E-state index contributed by atoms with van der Waals surface area (Å²) in [6, 6.07) is 3.34. The maximum absolute atomic E-state index is 9.84. The van der Waals surface area contributed by atoms with Gasteiger partial charge in [0.1, 0.15) is 19.0 Å². The minimum absolute atomic E-state index is 0.211.